The van der Waals surface area contributed by atoms with Gasteiger partial charge in [0.15, 0.2) is 0 Å². The predicted octanol–water partition coefficient (Wildman–Crippen LogP) is 4.80. The second-order valence-corrected chi connectivity index (χ2v) is 14.3. The van der Waals surface area contributed by atoms with Crippen molar-refractivity contribution in [3.8, 4) is 11.8 Å². The molecule has 8 rings (SSSR count). The number of aromatic nitrogens is 4. The van der Waals surface area contributed by atoms with Crippen molar-refractivity contribution in [3.05, 3.63) is 64.4 Å². The van der Waals surface area contributed by atoms with Crippen molar-refractivity contribution in [1.29, 1.82) is 0 Å². The number of carbonyl (C=O) groups excluding carboxylic acids is 1. The molecule has 2 aromatic carbocycles. The van der Waals surface area contributed by atoms with Crippen molar-refractivity contribution >= 4 is 28.2 Å². The summed E-state index contributed by atoms with van der Waals surface area (Å²) in [6, 6.07) is 8.91. The summed E-state index contributed by atoms with van der Waals surface area (Å²) < 4.78 is 38.2. The lowest BCUT2D eigenvalue weighted by atomic mass is 9.95. The lowest BCUT2D eigenvalue weighted by Gasteiger charge is -2.35. The van der Waals surface area contributed by atoms with Crippen LogP contribution in [0.25, 0.3) is 10.8 Å². The summed E-state index contributed by atoms with van der Waals surface area (Å²) in [7, 11) is 0. The highest BCUT2D eigenvalue weighted by Crippen LogP contribution is 2.42. The molecule has 4 aliphatic rings. The molecule has 264 valence electrons. The van der Waals surface area contributed by atoms with Gasteiger partial charge in [-0.25, -0.2) is 8.78 Å². The van der Waals surface area contributed by atoms with Crippen LogP contribution in [0.3, 0.4) is 0 Å². The van der Waals surface area contributed by atoms with Crippen molar-refractivity contribution < 1.29 is 23.4 Å². The van der Waals surface area contributed by atoms with Gasteiger partial charge in [0.25, 0.3) is 0 Å². The van der Waals surface area contributed by atoms with Gasteiger partial charge < -0.3 is 25.0 Å². The van der Waals surface area contributed by atoms with Crippen LogP contribution in [0.4, 0.5) is 20.3 Å². The summed E-state index contributed by atoms with van der Waals surface area (Å²) in [5.74, 6) is 0.590. The van der Waals surface area contributed by atoms with Gasteiger partial charge in [0.1, 0.15) is 30.2 Å². The number of phenols is 1. The maximum absolute atomic E-state index is 15.1. The van der Waals surface area contributed by atoms with E-state index in [9.17, 15) is 14.3 Å². The van der Waals surface area contributed by atoms with Crippen molar-refractivity contribution in [1.82, 2.24) is 30.0 Å². The number of aromatic hydroxyl groups is 1. The topological polar surface area (TPSA) is 112 Å². The number of hydrogen-bond donors (Lipinski definition) is 2. The Hall–Kier alpha value is -4.52. The third-order valence-electron chi connectivity index (χ3n) is 11.0. The summed E-state index contributed by atoms with van der Waals surface area (Å²) in [6.45, 7) is 8.60. The number of carbonyl (C=O) groups is 1. The predicted molar refractivity (Wildman–Crippen MR) is 186 cm³/mol. The van der Waals surface area contributed by atoms with E-state index in [1.54, 1.807) is 18.2 Å². The Bertz CT molecular complexity index is 1950. The van der Waals surface area contributed by atoms with Gasteiger partial charge >= 0.3 is 6.01 Å². The second kappa shape index (κ2) is 13.0. The van der Waals surface area contributed by atoms with Crippen LogP contribution < -0.4 is 19.9 Å². The van der Waals surface area contributed by atoms with Crippen molar-refractivity contribution in [2.24, 2.45) is 0 Å². The van der Waals surface area contributed by atoms with Gasteiger partial charge in [0, 0.05) is 62.2 Å². The van der Waals surface area contributed by atoms with Crippen LogP contribution in [-0.4, -0.2) is 80.2 Å². The number of nitrogens with one attached hydrogen (secondary N) is 1. The molecule has 0 bridgehead atoms. The molecule has 6 heterocycles. The molecule has 11 nitrogen and oxygen atoms in total. The summed E-state index contributed by atoms with van der Waals surface area (Å²) in [5, 5.41) is 19.9. The minimum atomic E-state index is -0.861. The SMILES string of the molecule is CCc1c(F)ccc2cc(O)cc(N3CCc4c(nc(OC[C@@]56CCCN5C[C@H](F)C6)nc4N4CCCn5nc(CNC(C)=O)cc5C4)C3)c12. The number of hydrogen-bond acceptors (Lipinski definition) is 9. The molecule has 13 heteroatoms. The van der Waals surface area contributed by atoms with E-state index in [2.05, 4.69) is 20.0 Å². The standard InChI is InChI=1S/C37H44F2N8O3/c1-3-29-31(39)7-6-24-14-28(49)16-33(34(24)29)44-13-8-30-32(21-44)41-36(50-22-37-9-4-11-46(37)19-25(38)17-37)42-35(30)45-10-5-12-47-27(20-45)15-26(43-47)18-40-23(2)48/h6-7,14-16,25,49H,3-5,8-13,17-22H2,1-2H3,(H,40,48)/t25-,37+/m1/s1. The van der Waals surface area contributed by atoms with E-state index in [0.717, 1.165) is 83.8 Å². The van der Waals surface area contributed by atoms with Crippen LogP contribution in [-0.2, 0) is 43.8 Å². The summed E-state index contributed by atoms with van der Waals surface area (Å²) >= 11 is 0. The first-order valence-electron chi connectivity index (χ1n) is 17.9. The molecule has 0 spiro atoms. The molecule has 0 unspecified atom stereocenters. The number of amides is 1. The van der Waals surface area contributed by atoms with Gasteiger partial charge in [-0.3, -0.25) is 14.4 Å². The molecule has 4 aromatic rings. The van der Waals surface area contributed by atoms with Crippen molar-refractivity contribution in [3.63, 3.8) is 0 Å². The average molecular weight is 687 g/mol. The normalized spacial score (nSPS) is 22.0. The number of benzene rings is 2. The molecule has 50 heavy (non-hydrogen) atoms. The Morgan fingerprint density at radius 3 is 2.82 bits per heavy atom. The highest BCUT2D eigenvalue weighted by atomic mass is 19.1. The number of alkyl halides is 1. The molecule has 2 atom stereocenters. The second-order valence-electron chi connectivity index (χ2n) is 14.3. The fourth-order valence-corrected chi connectivity index (χ4v) is 8.64. The van der Waals surface area contributed by atoms with E-state index < -0.39 is 6.17 Å². The van der Waals surface area contributed by atoms with Crippen LogP contribution in [0.5, 0.6) is 11.8 Å². The van der Waals surface area contributed by atoms with E-state index in [-0.39, 0.29) is 29.0 Å². The molecular weight excluding hydrogens is 642 g/mol. The maximum atomic E-state index is 15.1. The fraction of sp³-hybridized carbons (Fsp3) is 0.514. The van der Waals surface area contributed by atoms with E-state index in [1.807, 2.05) is 17.7 Å². The zero-order chi connectivity index (χ0) is 34.6. The summed E-state index contributed by atoms with van der Waals surface area (Å²) in [6.07, 6.45) is 3.51. The molecule has 1 amide bonds. The Kier molecular flexibility index (Phi) is 8.48. The minimum absolute atomic E-state index is 0.0984. The molecule has 2 aromatic heterocycles. The lowest BCUT2D eigenvalue weighted by Crippen LogP contribution is -2.43. The largest absolute Gasteiger partial charge is 0.508 e. The first kappa shape index (κ1) is 32.7. The maximum Gasteiger partial charge on any atom is 0.318 e. The number of rotatable bonds is 8. The van der Waals surface area contributed by atoms with Crippen LogP contribution in [0.2, 0.25) is 0 Å². The molecule has 2 fully saturated rings. The quantitative estimate of drug-likeness (QED) is 0.270. The monoisotopic (exact) mass is 686 g/mol. The molecule has 4 aliphatic heterocycles. The van der Waals surface area contributed by atoms with Crippen LogP contribution in [0.15, 0.2) is 30.3 Å². The molecule has 0 saturated carbocycles. The van der Waals surface area contributed by atoms with Crippen molar-refractivity contribution in [2.75, 3.05) is 42.6 Å². The van der Waals surface area contributed by atoms with Gasteiger partial charge in [-0.2, -0.15) is 15.1 Å². The number of aryl methyl sites for hydroxylation is 2. The van der Waals surface area contributed by atoms with Gasteiger partial charge in [-0.15, -0.1) is 0 Å². The molecule has 2 N–H and O–H groups in total. The number of nitrogens with zero attached hydrogens (tertiary/aromatic N) is 7. The van der Waals surface area contributed by atoms with E-state index in [1.165, 1.54) is 13.0 Å². The number of ether oxygens (including phenoxy) is 1. The van der Waals surface area contributed by atoms with Gasteiger partial charge in [-0.1, -0.05) is 13.0 Å². The first-order chi connectivity index (χ1) is 24.2. The number of anilines is 2. The third-order valence-corrected chi connectivity index (χ3v) is 11.0. The molecule has 2 saturated heterocycles. The number of fused-ring (bicyclic) bond motifs is 4. The van der Waals surface area contributed by atoms with Crippen molar-refractivity contribution in [2.45, 2.75) is 90.3 Å². The van der Waals surface area contributed by atoms with Gasteiger partial charge in [0.2, 0.25) is 5.91 Å². The highest BCUT2D eigenvalue weighted by molar-refractivity contribution is 5.98. The molecule has 0 aliphatic carbocycles. The zero-order valence-electron chi connectivity index (χ0n) is 28.7. The van der Waals surface area contributed by atoms with E-state index in [4.69, 9.17) is 19.8 Å². The van der Waals surface area contributed by atoms with E-state index in [0.29, 0.717) is 64.2 Å². The Labute approximate surface area is 290 Å². The molecular formula is C37H44F2N8O3. The summed E-state index contributed by atoms with van der Waals surface area (Å²) in [4.78, 5) is 28.3. The first-order valence-corrected chi connectivity index (χ1v) is 17.9. The number of phenolic OH excluding ortho intramolecular Hbond substituents is 1. The van der Waals surface area contributed by atoms with Gasteiger partial charge in [-0.05, 0) is 67.8 Å². The molecule has 0 radical (unpaired) electrons. The van der Waals surface area contributed by atoms with Crippen LogP contribution in [0, 0.1) is 5.82 Å². The Balaban J connectivity index is 1.16. The van der Waals surface area contributed by atoms with Crippen LogP contribution >= 0.6 is 0 Å². The van der Waals surface area contributed by atoms with Crippen LogP contribution in [0.1, 0.15) is 67.7 Å². The lowest BCUT2D eigenvalue weighted by molar-refractivity contribution is -0.119. The fourth-order valence-electron chi connectivity index (χ4n) is 8.64. The van der Waals surface area contributed by atoms with Gasteiger partial charge in [0.05, 0.1) is 42.3 Å². The number of halogens is 2. The Morgan fingerprint density at radius 1 is 1.10 bits per heavy atom. The smallest absolute Gasteiger partial charge is 0.318 e. The third kappa shape index (κ3) is 5.99. The Morgan fingerprint density at radius 2 is 1.98 bits per heavy atom. The average Bonchev–Trinajstić information content (AvgIpc) is 3.72. The summed E-state index contributed by atoms with van der Waals surface area (Å²) in [5.41, 5.74) is 4.76. The van der Waals surface area contributed by atoms with E-state index >= 15 is 4.39 Å². The highest BCUT2D eigenvalue weighted by Gasteiger charge is 2.49. The minimum Gasteiger partial charge on any atom is -0.508 e. The zero-order valence-corrected chi connectivity index (χ0v) is 28.7.